The van der Waals surface area contributed by atoms with E-state index in [0.29, 0.717) is 0 Å². The van der Waals surface area contributed by atoms with Gasteiger partial charge in [0, 0.05) is 45.3 Å². The molecule has 0 saturated carbocycles. The van der Waals surface area contributed by atoms with Crippen molar-refractivity contribution in [2.75, 3.05) is 46.3 Å². The molecule has 3 nitrogen and oxygen atoms in total. The van der Waals surface area contributed by atoms with Crippen molar-refractivity contribution in [1.82, 2.24) is 15.1 Å². The molecule has 1 atom stereocenters. The molecule has 0 amide bonds. The number of hydrogen-bond donors (Lipinski definition) is 1. The van der Waals surface area contributed by atoms with Gasteiger partial charge in [-0.1, -0.05) is 0 Å². The minimum Gasteiger partial charge on any atom is -0.318 e. The number of nitrogens with zero attached hydrogens (tertiary/aromatic N) is 2. The first-order chi connectivity index (χ1) is 5.40. The van der Waals surface area contributed by atoms with Gasteiger partial charge in [0.2, 0.25) is 0 Å². The lowest BCUT2D eigenvalue weighted by atomic mass is 10.1. The SMILES string of the molecule is CNCC1CN2CCN1CC2.Cl.Cl.Cl. The molecule has 3 fully saturated rings. The van der Waals surface area contributed by atoms with Crippen molar-refractivity contribution < 1.29 is 0 Å². The van der Waals surface area contributed by atoms with Gasteiger partial charge in [0.05, 0.1) is 0 Å². The van der Waals surface area contributed by atoms with Gasteiger partial charge in [-0.25, -0.2) is 0 Å². The summed E-state index contributed by atoms with van der Waals surface area (Å²) in [6.45, 7) is 7.58. The molecule has 3 aliphatic heterocycles. The highest BCUT2D eigenvalue weighted by Gasteiger charge is 2.30. The lowest BCUT2D eigenvalue weighted by molar-refractivity contribution is 0.0145. The van der Waals surface area contributed by atoms with Crippen molar-refractivity contribution in [3.05, 3.63) is 0 Å². The molecule has 0 aromatic heterocycles. The molecular weight excluding hydrogens is 244 g/mol. The van der Waals surface area contributed by atoms with E-state index >= 15 is 0 Å². The standard InChI is InChI=1S/C8H17N3.3ClH/c1-9-6-8-7-10-2-4-11(8)5-3-10;;;/h8-9H,2-7H2,1H3;3*1H. The quantitative estimate of drug-likeness (QED) is 0.782. The van der Waals surface area contributed by atoms with Crippen LogP contribution in [-0.4, -0.2) is 62.2 Å². The van der Waals surface area contributed by atoms with Crippen molar-refractivity contribution in [2.24, 2.45) is 0 Å². The van der Waals surface area contributed by atoms with Gasteiger partial charge in [-0.2, -0.15) is 0 Å². The van der Waals surface area contributed by atoms with E-state index in [4.69, 9.17) is 0 Å². The van der Waals surface area contributed by atoms with E-state index in [-0.39, 0.29) is 37.2 Å². The van der Waals surface area contributed by atoms with Crippen LogP contribution in [0.1, 0.15) is 0 Å². The summed E-state index contributed by atoms with van der Waals surface area (Å²) >= 11 is 0. The van der Waals surface area contributed by atoms with Crippen LogP contribution in [0.2, 0.25) is 0 Å². The van der Waals surface area contributed by atoms with Gasteiger partial charge in [-0.05, 0) is 7.05 Å². The third-order valence-corrected chi connectivity index (χ3v) is 2.83. The molecule has 3 saturated heterocycles. The summed E-state index contributed by atoms with van der Waals surface area (Å²) in [4.78, 5) is 5.18. The molecule has 3 aliphatic rings. The number of likely N-dealkylation sites (N-methyl/N-ethyl adjacent to an activating group) is 1. The van der Waals surface area contributed by atoms with Gasteiger partial charge in [0.25, 0.3) is 0 Å². The molecule has 88 valence electrons. The van der Waals surface area contributed by atoms with Gasteiger partial charge >= 0.3 is 0 Å². The summed E-state index contributed by atoms with van der Waals surface area (Å²) in [5.74, 6) is 0. The Labute approximate surface area is 105 Å². The topological polar surface area (TPSA) is 18.5 Å². The molecule has 14 heavy (non-hydrogen) atoms. The van der Waals surface area contributed by atoms with Gasteiger partial charge in [-0.3, -0.25) is 9.80 Å². The van der Waals surface area contributed by atoms with Crippen LogP contribution in [0.5, 0.6) is 0 Å². The third-order valence-electron chi connectivity index (χ3n) is 2.83. The van der Waals surface area contributed by atoms with E-state index in [2.05, 4.69) is 15.1 Å². The zero-order chi connectivity index (χ0) is 7.68. The van der Waals surface area contributed by atoms with Gasteiger partial charge in [0.1, 0.15) is 0 Å². The van der Waals surface area contributed by atoms with Crippen LogP contribution >= 0.6 is 37.2 Å². The zero-order valence-corrected chi connectivity index (χ0v) is 10.9. The molecule has 0 radical (unpaired) electrons. The Morgan fingerprint density at radius 2 is 1.64 bits per heavy atom. The Morgan fingerprint density at radius 1 is 1.07 bits per heavy atom. The van der Waals surface area contributed by atoms with Crippen LogP contribution in [0, 0.1) is 0 Å². The predicted molar refractivity (Wildman–Crippen MR) is 67.5 cm³/mol. The van der Waals surface area contributed by atoms with Crippen LogP contribution in [0.4, 0.5) is 0 Å². The van der Waals surface area contributed by atoms with E-state index in [1.807, 2.05) is 7.05 Å². The maximum absolute atomic E-state index is 3.25. The fraction of sp³-hybridized carbons (Fsp3) is 1.00. The lowest BCUT2D eigenvalue weighted by Crippen LogP contribution is -2.63. The minimum atomic E-state index is 0. The second kappa shape index (κ2) is 7.97. The van der Waals surface area contributed by atoms with E-state index in [9.17, 15) is 0 Å². The first-order valence-corrected chi connectivity index (χ1v) is 4.51. The molecule has 1 N–H and O–H groups in total. The van der Waals surface area contributed by atoms with Crippen molar-refractivity contribution >= 4 is 37.2 Å². The van der Waals surface area contributed by atoms with E-state index in [0.717, 1.165) is 12.6 Å². The molecule has 0 aliphatic carbocycles. The maximum Gasteiger partial charge on any atom is 0.0348 e. The van der Waals surface area contributed by atoms with E-state index in [1.165, 1.54) is 32.7 Å². The highest BCUT2D eigenvalue weighted by molar-refractivity contribution is 5.86. The lowest BCUT2D eigenvalue weighted by Gasteiger charge is -2.47. The number of nitrogens with one attached hydrogen (secondary N) is 1. The highest BCUT2D eigenvalue weighted by Crippen LogP contribution is 2.14. The number of hydrogen-bond acceptors (Lipinski definition) is 3. The van der Waals surface area contributed by atoms with Crippen LogP contribution in [-0.2, 0) is 0 Å². The average Bonchev–Trinajstić information content (AvgIpc) is 2.07. The van der Waals surface area contributed by atoms with Crippen molar-refractivity contribution in [3.63, 3.8) is 0 Å². The van der Waals surface area contributed by atoms with Crippen LogP contribution in [0.3, 0.4) is 0 Å². The Morgan fingerprint density at radius 3 is 2.00 bits per heavy atom. The summed E-state index contributed by atoms with van der Waals surface area (Å²) in [6.07, 6.45) is 0. The number of fused-ring (bicyclic) bond motifs is 3. The number of piperazine rings is 3. The first-order valence-electron chi connectivity index (χ1n) is 4.51. The van der Waals surface area contributed by atoms with Gasteiger partial charge in [0.15, 0.2) is 0 Å². The largest absolute Gasteiger partial charge is 0.318 e. The maximum atomic E-state index is 3.25. The average molecular weight is 265 g/mol. The first kappa shape index (κ1) is 17.2. The highest BCUT2D eigenvalue weighted by atomic mass is 35.5. The Hall–Kier alpha value is 0.750. The molecule has 0 aromatic rings. The summed E-state index contributed by atoms with van der Waals surface area (Å²) in [5.41, 5.74) is 0. The third kappa shape index (κ3) is 3.72. The molecule has 3 heterocycles. The molecule has 1 unspecified atom stereocenters. The van der Waals surface area contributed by atoms with Gasteiger partial charge < -0.3 is 5.32 Å². The monoisotopic (exact) mass is 263 g/mol. The van der Waals surface area contributed by atoms with Gasteiger partial charge in [-0.15, -0.1) is 37.2 Å². The Kier molecular flexibility index (Phi) is 9.76. The zero-order valence-electron chi connectivity index (χ0n) is 8.44. The fourth-order valence-electron chi connectivity index (χ4n) is 2.15. The predicted octanol–water partition coefficient (Wildman–Crippen LogP) is 0.471. The summed E-state index contributed by atoms with van der Waals surface area (Å²) < 4.78 is 0. The van der Waals surface area contributed by atoms with Crippen molar-refractivity contribution in [2.45, 2.75) is 6.04 Å². The fourth-order valence-corrected chi connectivity index (χ4v) is 2.15. The van der Waals surface area contributed by atoms with Crippen LogP contribution in [0.15, 0.2) is 0 Å². The van der Waals surface area contributed by atoms with Crippen LogP contribution in [0.25, 0.3) is 0 Å². The Balaban J connectivity index is 0. The molecule has 0 spiro atoms. The molecule has 3 rings (SSSR count). The second-order valence-electron chi connectivity index (χ2n) is 3.55. The Bertz CT molecular complexity index is 140. The minimum absolute atomic E-state index is 0. The second-order valence-corrected chi connectivity index (χ2v) is 3.55. The normalized spacial score (nSPS) is 33.6. The number of halogens is 3. The summed E-state index contributed by atoms with van der Waals surface area (Å²) in [6, 6.07) is 0.780. The number of rotatable bonds is 2. The molecule has 2 bridgehead atoms. The van der Waals surface area contributed by atoms with Crippen molar-refractivity contribution in [3.8, 4) is 0 Å². The summed E-state index contributed by atoms with van der Waals surface area (Å²) in [5, 5.41) is 3.25. The molecular formula is C8H20Cl3N3. The summed E-state index contributed by atoms with van der Waals surface area (Å²) in [7, 11) is 2.04. The van der Waals surface area contributed by atoms with E-state index < -0.39 is 0 Å². The van der Waals surface area contributed by atoms with Crippen molar-refractivity contribution in [1.29, 1.82) is 0 Å². The molecule has 6 heteroatoms. The van der Waals surface area contributed by atoms with E-state index in [1.54, 1.807) is 0 Å². The van der Waals surface area contributed by atoms with Crippen LogP contribution < -0.4 is 5.32 Å². The smallest absolute Gasteiger partial charge is 0.0348 e. The molecule has 0 aromatic carbocycles.